The molecule has 0 aliphatic rings. The Morgan fingerprint density at radius 3 is 2.44 bits per heavy atom. The molecule has 2 aromatic heterocycles. The van der Waals surface area contributed by atoms with Crippen molar-refractivity contribution in [2.45, 2.75) is 37.8 Å². The standard InChI is InChI=1S/C28H30N4O3S/c1-4-18(2)24(28(34)35)31-27(33)21-14-15-32-23(16-21)30-25(20-10-12-22(36-3)13-11-20)26(32)29-17-19-8-6-5-7-9-19/h5-16,18,24,29H,4,17H2,1-3H3,(H,31,33)(H,34,35). The zero-order chi connectivity index (χ0) is 25.7. The van der Waals surface area contributed by atoms with Gasteiger partial charge in [0.25, 0.3) is 5.91 Å². The molecule has 0 spiro atoms. The second kappa shape index (κ2) is 11.3. The third-order valence-electron chi connectivity index (χ3n) is 6.32. The van der Waals surface area contributed by atoms with Crippen molar-refractivity contribution in [2.75, 3.05) is 11.6 Å². The van der Waals surface area contributed by atoms with Crippen LogP contribution >= 0.6 is 11.8 Å². The van der Waals surface area contributed by atoms with Crippen LogP contribution in [-0.4, -0.2) is 38.7 Å². The number of hydrogen-bond acceptors (Lipinski definition) is 5. The molecule has 0 saturated carbocycles. The summed E-state index contributed by atoms with van der Waals surface area (Å²) in [5, 5.41) is 15.7. The van der Waals surface area contributed by atoms with Crippen LogP contribution in [0.4, 0.5) is 5.82 Å². The minimum Gasteiger partial charge on any atom is -0.480 e. The molecule has 4 rings (SSSR count). The van der Waals surface area contributed by atoms with E-state index in [-0.39, 0.29) is 5.92 Å². The van der Waals surface area contributed by atoms with Gasteiger partial charge in [-0.1, -0.05) is 62.7 Å². The third kappa shape index (κ3) is 5.54. The van der Waals surface area contributed by atoms with Crippen LogP contribution in [0.2, 0.25) is 0 Å². The quantitative estimate of drug-likeness (QED) is 0.246. The number of benzene rings is 2. The molecule has 2 aromatic carbocycles. The molecular weight excluding hydrogens is 472 g/mol. The third-order valence-corrected chi connectivity index (χ3v) is 7.06. The molecule has 0 bridgehead atoms. The number of imidazole rings is 1. The van der Waals surface area contributed by atoms with Crippen molar-refractivity contribution in [3.8, 4) is 11.3 Å². The molecule has 7 nitrogen and oxygen atoms in total. The maximum atomic E-state index is 12.9. The van der Waals surface area contributed by atoms with E-state index in [1.54, 1.807) is 30.1 Å². The SMILES string of the molecule is CCC(C)C(NC(=O)c1ccn2c(NCc3ccccc3)c(-c3ccc(SC)cc3)nc2c1)C(=O)O. The number of carboxylic acids is 1. The molecule has 0 aliphatic carbocycles. The lowest BCUT2D eigenvalue weighted by atomic mass is 9.99. The minimum absolute atomic E-state index is 0.189. The molecular formula is C28H30N4O3S. The molecule has 2 atom stereocenters. The number of carbonyl (C=O) groups is 2. The first kappa shape index (κ1) is 25.3. The Kier molecular flexibility index (Phi) is 7.95. The number of carbonyl (C=O) groups excluding carboxylic acids is 1. The van der Waals surface area contributed by atoms with Crippen LogP contribution in [0.3, 0.4) is 0 Å². The molecule has 36 heavy (non-hydrogen) atoms. The zero-order valence-electron chi connectivity index (χ0n) is 20.6. The average Bonchev–Trinajstić information content (AvgIpc) is 3.28. The smallest absolute Gasteiger partial charge is 0.326 e. The summed E-state index contributed by atoms with van der Waals surface area (Å²) in [5.74, 6) is -0.840. The van der Waals surface area contributed by atoms with Gasteiger partial charge in [-0.3, -0.25) is 9.20 Å². The monoisotopic (exact) mass is 502 g/mol. The van der Waals surface area contributed by atoms with E-state index in [9.17, 15) is 14.7 Å². The highest BCUT2D eigenvalue weighted by atomic mass is 32.2. The molecule has 3 N–H and O–H groups in total. The van der Waals surface area contributed by atoms with E-state index in [1.807, 2.05) is 54.8 Å². The molecule has 1 amide bonds. The molecule has 186 valence electrons. The highest BCUT2D eigenvalue weighted by Crippen LogP contribution is 2.31. The van der Waals surface area contributed by atoms with Crippen molar-refractivity contribution >= 4 is 35.1 Å². The predicted molar refractivity (Wildman–Crippen MR) is 145 cm³/mol. The fourth-order valence-corrected chi connectivity index (χ4v) is 4.40. The van der Waals surface area contributed by atoms with Crippen LogP contribution in [0.25, 0.3) is 16.9 Å². The largest absolute Gasteiger partial charge is 0.480 e. The van der Waals surface area contributed by atoms with E-state index < -0.39 is 17.9 Å². The Morgan fingerprint density at radius 2 is 1.81 bits per heavy atom. The summed E-state index contributed by atoms with van der Waals surface area (Å²) >= 11 is 1.68. The van der Waals surface area contributed by atoms with Gasteiger partial charge in [-0.15, -0.1) is 11.8 Å². The van der Waals surface area contributed by atoms with Crippen molar-refractivity contribution in [1.82, 2.24) is 14.7 Å². The van der Waals surface area contributed by atoms with Gasteiger partial charge in [-0.25, -0.2) is 9.78 Å². The summed E-state index contributed by atoms with van der Waals surface area (Å²) in [4.78, 5) is 30.6. The van der Waals surface area contributed by atoms with Crippen LogP contribution in [0, 0.1) is 5.92 Å². The normalized spacial score (nSPS) is 12.8. The van der Waals surface area contributed by atoms with Gasteiger partial charge in [0.15, 0.2) is 0 Å². The maximum absolute atomic E-state index is 12.9. The van der Waals surface area contributed by atoms with Gasteiger partial charge >= 0.3 is 5.97 Å². The lowest BCUT2D eigenvalue weighted by molar-refractivity contribution is -0.140. The number of amides is 1. The number of pyridine rings is 1. The number of aliphatic carboxylic acids is 1. The Bertz CT molecular complexity index is 1350. The summed E-state index contributed by atoms with van der Waals surface area (Å²) in [6.45, 7) is 4.33. The fraction of sp³-hybridized carbons (Fsp3) is 0.250. The number of anilines is 1. The number of aromatic nitrogens is 2. The molecule has 8 heteroatoms. The molecule has 2 unspecified atom stereocenters. The summed E-state index contributed by atoms with van der Waals surface area (Å²) in [6, 6.07) is 20.7. The van der Waals surface area contributed by atoms with Gasteiger partial charge in [0.1, 0.15) is 23.2 Å². The second-order valence-corrected chi connectivity index (χ2v) is 9.57. The van der Waals surface area contributed by atoms with E-state index in [1.165, 1.54) is 0 Å². The van der Waals surface area contributed by atoms with Crippen molar-refractivity contribution in [1.29, 1.82) is 0 Å². The maximum Gasteiger partial charge on any atom is 0.326 e. The average molecular weight is 503 g/mol. The Hall–Kier alpha value is -3.78. The number of thioether (sulfide) groups is 1. The van der Waals surface area contributed by atoms with E-state index >= 15 is 0 Å². The second-order valence-electron chi connectivity index (χ2n) is 8.70. The van der Waals surface area contributed by atoms with Gasteiger partial charge in [0, 0.05) is 28.8 Å². The van der Waals surface area contributed by atoms with Crippen LogP contribution in [0.5, 0.6) is 0 Å². The first-order valence-electron chi connectivity index (χ1n) is 11.9. The number of hydrogen-bond donors (Lipinski definition) is 3. The number of rotatable bonds is 10. The van der Waals surface area contributed by atoms with Crippen LogP contribution in [0.15, 0.2) is 77.8 Å². The zero-order valence-corrected chi connectivity index (χ0v) is 21.4. The Balaban J connectivity index is 1.70. The molecule has 0 fully saturated rings. The summed E-state index contributed by atoms with van der Waals surface area (Å²) in [6.07, 6.45) is 4.48. The number of carboxylic acid groups (broad SMARTS) is 1. The van der Waals surface area contributed by atoms with E-state index in [2.05, 4.69) is 34.9 Å². The molecule has 0 aliphatic heterocycles. The number of nitrogens with zero attached hydrogens (tertiary/aromatic N) is 2. The van der Waals surface area contributed by atoms with Gasteiger partial charge in [-0.2, -0.15) is 0 Å². The highest BCUT2D eigenvalue weighted by molar-refractivity contribution is 7.98. The first-order chi connectivity index (χ1) is 17.4. The minimum atomic E-state index is -1.04. The molecule has 4 aromatic rings. The lowest BCUT2D eigenvalue weighted by Gasteiger charge is -2.20. The van der Waals surface area contributed by atoms with Gasteiger partial charge in [0.2, 0.25) is 0 Å². The van der Waals surface area contributed by atoms with Crippen LogP contribution in [0.1, 0.15) is 36.2 Å². The number of nitrogens with one attached hydrogen (secondary N) is 2. The highest BCUT2D eigenvalue weighted by Gasteiger charge is 2.26. The van der Waals surface area contributed by atoms with Crippen LogP contribution in [-0.2, 0) is 11.3 Å². The topological polar surface area (TPSA) is 95.7 Å². The van der Waals surface area contributed by atoms with E-state index in [0.29, 0.717) is 24.2 Å². The van der Waals surface area contributed by atoms with Crippen LogP contribution < -0.4 is 10.6 Å². The summed E-state index contributed by atoms with van der Waals surface area (Å²) in [5.41, 5.74) is 3.83. The van der Waals surface area contributed by atoms with E-state index in [4.69, 9.17) is 4.98 Å². The van der Waals surface area contributed by atoms with Gasteiger partial charge in [-0.05, 0) is 42.0 Å². The van der Waals surface area contributed by atoms with Crippen molar-refractivity contribution in [3.05, 3.63) is 84.1 Å². The molecule has 0 saturated heterocycles. The fourth-order valence-electron chi connectivity index (χ4n) is 3.99. The predicted octanol–water partition coefficient (Wildman–Crippen LogP) is 5.56. The Morgan fingerprint density at radius 1 is 1.08 bits per heavy atom. The van der Waals surface area contributed by atoms with E-state index in [0.717, 1.165) is 27.5 Å². The van der Waals surface area contributed by atoms with Crippen molar-refractivity contribution in [3.63, 3.8) is 0 Å². The summed E-state index contributed by atoms with van der Waals surface area (Å²) < 4.78 is 1.92. The first-order valence-corrected chi connectivity index (χ1v) is 13.1. The summed E-state index contributed by atoms with van der Waals surface area (Å²) in [7, 11) is 0. The number of fused-ring (bicyclic) bond motifs is 1. The van der Waals surface area contributed by atoms with Crippen molar-refractivity contribution in [2.24, 2.45) is 5.92 Å². The van der Waals surface area contributed by atoms with Gasteiger partial charge in [0.05, 0.1) is 0 Å². The van der Waals surface area contributed by atoms with Gasteiger partial charge < -0.3 is 15.7 Å². The van der Waals surface area contributed by atoms with Crippen molar-refractivity contribution < 1.29 is 14.7 Å². The molecule has 0 radical (unpaired) electrons. The molecule has 2 heterocycles. The Labute approximate surface area is 215 Å². The lowest BCUT2D eigenvalue weighted by Crippen LogP contribution is -2.45.